The predicted octanol–water partition coefficient (Wildman–Crippen LogP) is 2.44. The molecule has 0 aromatic carbocycles. The van der Waals surface area contributed by atoms with Gasteiger partial charge in [0.15, 0.2) is 0 Å². The number of aromatic nitrogens is 3. The van der Waals surface area contributed by atoms with Gasteiger partial charge in [-0.05, 0) is 12.1 Å². The van der Waals surface area contributed by atoms with Crippen LogP contribution in [0.15, 0.2) is 24.7 Å². The lowest BCUT2D eigenvalue weighted by molar-refractivity contribution is 1.01. The van der Waals surface area contributed by atoms with Gasteiger partial charge in [-0.25, -0.2) is 9.97 Å². The molecule has 74 valence electrons. The zero-order valence-electron chi connectivity index (χ0n) is 7.97. The fourth-order valence-electron chi connectivity index (χ4n) is 1.60. The summed E-state index contributed by atoms with van der Waals surface area (Å²) >= 11 is 6.96. The molecule has 0 aromatic rings. The summed E-state index contributed by atoms with van der Waals surface area (Å²) < 4.78 is 3.99. The zero-order chi connectivity index (χ0) is 10.4. The molecule has 3 nitrogen and oxygen atoms in total. The van der Waals surface area contributed by atoms with Crippen LogP contribution in [-0.2, 0) is 7.05 Å². The van der Waals surface area contributed by atoms with Crippen molar-refractivity contribution in [3.63, 3.8) is 0 Å². The van der Waals surface area contributed by atoms with E-state index in [1.165, 1.54) is 0 Å². The number of fused-ring (bicyclic) bond motifs is 2. The van der Waals surface area contributed by atoms with Gasteiger partial charge in [0.25, 0.3) is 0 Å². The predicted molar refractivity (Wildman–Crippen MR) is 61.6 cm³/mol. The van der Waals surface area contributed by atoms with E-state index < -0.39 is 0 Å². The molecule has 15 heavy (non-hydrogen) atoms. The Morgan fingerprint density at radius 1 is 1.40 bits per heavy atom. The molecule has 3 rings (SSSR count). The standard InChI is InChI=1S/C10H7N3S2/c1-13-3-2-6-8(14)4-7-9(10(6)15-13)12-5-11-7/h2-5H,1H3. The summed E-state index contributed by atoms with van der Waals surface area (Å²) in [4.78, 5) is 8.45. The highest BCUT2D eigenvalue weighted by Crippen LogP contribution is 2.22. The fourth-order valence-corrected chi connectivity index (χ4v) is 2.88. The second-order valence-electron chi connectivity index (χ2n) is 3.31. The van der Waals surface area contributed by atoms with Crippen molar-refractivity contribution in [2.45, 2.75) is 0 Å². The van der Waals surface area contributed by atoms with Crippen LogP contribution in [0.2, 0.25) is 0 Å². The smallest absolute Gasteiger partial charge is 0.116 e. The molecule has 0 saturated carbocycles. The number of hydrogen-bond acceptors (Lipinski definition) is 4. The van der Waals surface area contributed by atoms with E-state index in [1.807, 2.05) is 29.3 Å². The topological polar surface area (TPSA) is 30.7 Å². The molecule has 0 bridgehead atoms. The van der Waals surface area contributed by atoms with Gasteiger partial charge in [-0.15, -0.1) is 0 Å². The molecule has 2 heterocycles. The van der Waals surface area contributed by atoms with E-state index in [0.29, 0.717) is 0 Å². The fraction of sp³-hybridized carbons (Fsp3) is 0.100. The van der Waals surface area contributed by atoms with Crippen LogP contribution in [0, 0.1) is 14.3 Å². The molecule has 0 radical (unpaired) electrons. The zero-order valence-corrected chi connectivity index (χ0v) is 9.60. The summed E-state index contributed by atoms with van der Waals surface area (Å²) in [5, 5.41) is 1.08. The minimum absolute atomic E-state index is 0.842. The van der Waals surface area contributed by atoms with Gasteiger partial charge in [-0.1, -0.05) is 23.8 Å². The molecular formula is C10H7N3S2. The lowest BCUT2D eigenvalue weighted by Crippen LogP contribution is -1.90. The van der Waals surface area contributed by atoms with Crippen LogP contribution in [-0.4, -0.2) is 13.9 Å². The van der Waals surface area contributed by atoms with Crippen molar-refractivity contribution in [2.75, 3.05) is 0 Å². The van der Waals surface area contributed by atoms with Gasteiger partial charge in [-0.2, -0.15) is 0 Å². The maximum atomic E-state index is 5.32. The summed E-state index contributed by atoms with van der Waals surface area (Å²) in [6.45, 7) is 0. The summed E-state index contributed by atoms with van der Waals surface area (Å²) in [5.41, 5.74) is 1.83. The minimum atomic E-state index is 0.842. The molecule has 3 aliphatic rings. The Labute approximate surface area is 95.2 Å². The minimum Gasteiger partial charge on any atom is -0.308 e. The van der Waals surface area contributed by atoms with E-state index in [-0.39, 0.29) is 0 Å². The van der Waals surface area contributed by atoms with Crippen LogP contribution < -0.4 is 0 Å². The molecule has 2 aliphatic heterocycles. The van der Waals surface area contributed by atoms with E-state index in [2.05, 4.69) is 9.97 Å². The average Bonchev–Trinajstić information content (AvgIpc) is 2.65. The Hall–Kier alpha value is -1.33. The number of aryl methyl sites for hydroxylation is 1. The Morgan fingerprint density at radius 2 is 2.27 bits per heavy atom. The second-order valence-corrected chi connectivity index (χ2v) is 4.92. The highest BCUT2D eigenvalue weighted by atomic mass is 32.1. The molecular weight excluding hydrogens is 226 g/mol. The van der Waals surface area contributed by atoms with Crippen LogP contribution in [0.25, 0.3) is 11.4 Å². The lowest BCUT2D eigenvalue weighted by Gasteiger charge is -2.01. The first-order valence-electron chi connectivity index (χ1n) is 4.46. The Kier molecular flexibility index (Phi) is 1.83. The molecule has 0 spiro atoms. The van der Waals surface area contributed by atoms with Gasteiger partial charge in [0.1, 0.15) is 12.0 Å². The van der Waals surface area contributed by atoms with E-state index in [1.54, 1.807) is 17.9 Å². The van der Waals surface area contributed by atoms with Crippen molar-refractivity contribution in [1.29, 1.82) is 0 Å². The normalized spacial score (nSPS) is 11.3. The first-order chi connectivity index (χ1) is 7.25. The van der Waals surface area contributed by atoms with Crippen molar-refractivity contribution in [2.24, 2.45) is 7.05 Å². The number of nitrogens with zero attached hydrogens (tertiary/aromatic N) is 3. The molecule has 0 fully saturated rings. The van der Waals surface area contributed by atoms with Crippen LogP contribution >= 0.6 is 23.8 Å². The maximum Gasteiger partial charge on any atom is 0.116 e. The van der Waals surface area contributed by atoms with E-state index >= 15 is 0 Å². The van der Waals surface area contributed by atoms with Gasteiger partial charge in [0, 0.05) is 23.0 Å². The molecule has 5 heteroatoms. The van der Waals surface area contributed by atoms with Crippen molar-refractivity contribution in [3.8, 4) is 11.4 Å². The second kappa shape index (κ2) is 3.08. The Balaban J connectivity index is 2.71. The van der Waals surface area contributed by atoms with E-state index in [0.717, 1.165) is 25.6 Å². The molecule has 1 aliphatic carbocycles. The SMILES string of the molecule is Cn1ccc2c(=S)cc3ncnc-3c=2s1. The first-order valence-corrected chi connectivity index (χ1v) is 5.64. The summed E-state index contributed by atoms with van der Waals surface area (Å²) in [7, 11) is 2.00. The Morgan fingerprint density at radius 3 is 3.13 bits per heavy atom. The highest BCUT2D eigenvalue weighted by Gasteiger charge is 2.09. The molecule has 0 amide bonds. The number of rotatable bonds is 0. The third-order valence-electron chi connectivity index (χ3n) is 2.31. The molecule has 0 atom stereocenters. The van der Waals surface area contributed by atoms with Crippen LogP contribution in [0.4, 0.5) is 0 Å². The van der Waals surface area contributed by atoms with Gasteiger partial charge in [-0.3, -0.25) is 0 Å². The van der Waals surface area contributed by atoms with Crippen LogP contribution in [0.3, 0.4) is 0 Å². The van der Waals surface area contributed by atoms with Crippen LogP contribution in [0.1, 0.15) is 0 Å². The van der Waals surface area contributed by atoms with Crippen molar-refractivity contribution in [3.05, 3.63) is 38.9 Å². The van der Waals surface area contributed by atoms with E-state index in [9.17, 15) is 0 Å². The maximum absolute atomic E-state index is 5.32. The monoisotopic (exact) mass is 233 g/mol. The first kappa shape index (κ1) is 8.94. The van der Waals surface area contributed by atoms with Gasteiger partial charge in [0.2, 0.25) is 0 Å². The molecule has 0 aromatic heterocycles. The molecule has 0 unspecified atom stereocenters. The van der Waals surface area contributed by atoms with Gasteiger partial charge in [0.05, 0.1) is 10.2 Å². The van der Waals surface area contributed by atoms with Crippen LogP contribution in [0.5, 0.6) is 0 Å². The lowest BCUT2D eigenvalue weighted by atomic mass is 10.2. The van der Waals surface area contributed by atoms with E-state index in [4.69, 9.17) is 12.2 Å². The quantitative estimate of drug-likeness (QED) is 0.559. The third-order valence-corrected chi connectivity index (χ3v) is 3.65. The summed E-state index contributed by atoms with van der Waals surface area (Å²) in [5.74, 6) is 0. The summed E-state index contributed by atoms with van der Waals surface area (Å²) in [6, 6.07) is 3.94. The number of imidazole rings is 1. The largest absolute Gasteiger partial charge is 0.308 e. The van der Waals surface area contributed by atoms with Gasteiger partial charge < -0.3 is 3.96 Å². The third kappa shape index (κ3) is 1.27. The molecule has 0 N–H and O–H groups in total. The van der Waals surface area contributed by atoms with Crippen molar-refractivity contribution < 1.29 is 0 Å². The average molecular weight is 233 g/mol. The highest BCUT2D eigenvalue weighted by molar-refractivity contribution is 7.71. The van der Waals surface area contributed by atoms with Crippen molar-refractivity contribution >= 4 is 23.8 Å². The van der Waals surface area contributed by atoms with Gasteiger partial charge >= 0.3 is 0 Å². The molecule has 0 saturated heterocycles. The number of hydrogen-bond donors (Lipinski definition) is 0. The van der Waals surface area contributed by atoms with Crippen molar-refractivity contribution in [1.82, 2.24) is 13.9 Å². The summed E-state index contributed by atoms with van der Waals surface area (Å²) in [6.07, 6.45) is 3.59. The Bertz CT molecular complexity index is 713.